The van der Waals surface area contributed by atoms with Gasteiger partial charge in [0.15, 0.2) is 6.61 Å². The molecule has 1 aromatic heterocycles. The van der Waals surface area contributed by atoms with Gasteiger partial charge in [-0.05, 0) is 29.2 Å². The summed E-state index contributed by atoms with van der Waals surface area (Å²) in [7, 11) is 0. The lowest BCUT2D eigenvalue weighted by atomic mass is 9.86. The molecule has 2 aromatic carbocycles. The molecule has 0 unspecified atom stereocenters. The lowest BCUT2D eigenvalue weighted by Gasteiger charge is -2.22. The van der Waals surface area contributed by atoms with Gasteiger partial charge in [0.05, 0.1) is 11.6 Å². The zero-order chi connectivity index (χ0) is 20.1. The monoisotopic (exact) mass is 399 g/mol. The van der Waals surface area contributed by atoms with Crippen molar-refractivity contribution in [3.8, 4) is 17.1 Å². The smallest absolute Gasteiger partial charge is 0.258 e. The van der Waals surface area contributed by atoms with Crippen LogP contribution in [0.2, 0.25) is 5.02 Å². The number of carbonyl (C=O) groups excluding carboxylic acids is 1. The predicted molar refractivity (Wildman–Crippen MR) is 107 cm³/mol. The van der Waals surface area contributed by atoms with Gasteiger partial charge in [0.2, 0.25) is 11.7 Å². The van der Waals surface area contributed by atoms with E-state index in [1.807, 2.05) is 36.4 Å². The zero-order valence-corrected chi connectivity index (χ0v) is 16.8. The van der Waals surface area contributed by atoms with Crippen LogP contribution >= 0.6 is 11.6 Å². The Morgan fingerprint density at radius 3 is 2.61 bits per heavy atom. The molecule has 0 bridgehead atoms. The highest BCUT2D eigenvalue weighted by Crippen LogP contribution is 2.30. The molecule has 0 aliphatic heterocycles. The highest BCUT2D eigenvalue weighted by atomic mass is 35.5. The molecule has 28 heavy (non-hydrogen) atoms. The minimum Gasteiger partial charge on any atom is -0.483 e. The minimum absolute atomic E-state index is 0.0774. The average Bonchev–Trinajstić information content (AvgIpc) is 3.13. The highest BCUT2D eigenvalue weighted by molar-refractivity contribution is 6.33. The van der Waals surface area contributed by atoms with E-state index in [0.717, 1.165) is 5.56 Å². The van der Waals surface area contributed by atoms with Gasteiger partial charge in [-0.2, -0.15) is 4.98 Å². The van der Waals surface area contributed by atoms with E-state index in [2.05, 4.69) is 36.2 Å². The molecule has 0 saturated carbocycles. The molecule has 0 fully saturated rings. The molecule has 3 rings (SSSR count). The molecule has 0 spiro atoms. The van der Waals surface area contributed by atoms with Gasteiger partial charge in [-0.25, -0.2) is 0 Å². The Kier molecular flexibility index (Phi) is 5.99. The molecule has 7 heteroatoms. The summed E-state index contributed by atoms with van der Waals surface area (Å²) in [6, 6.07) is 14.9. The maximum atomic E-state index is 12.1. The second-order valence-electron chi connectivity index (χ2n) is 7.30. The minimum atomic E-state index is -0.277. The number of ether oxygens (including phenoxy) is 1. The molecule has 0 aliphatic rings. The molecule has 0 radical (unpaired) electrons. The van der Waals surface area contributed by atoms with Crippen molar-refractivity contribution < 1.29 is 14.1 Å². The van der Waals surface area contributed by atoms with E-state index in [1.165, 1.54) is 0 Å². The van der Waals surface area contributed by atoms with Gasteiger partial charge < -0.3 is 14.6 Å². The predicted octanol–water partition coefficient (Wildman–Crippen LogP) is 4.38. The Bertz CT molecular complexity index is 963. The highest BCUT2D eigenvalue weighted by Gasteiger charge is 2.19. The third kappa shape index (κ3) is 4.89. The van der Waals surface area contributed by atoms with Gasteiger partial charge in [-0.1, -0.05) is 67.9 Å². The van der Waals surface area contributed by atoms with E-state index >= 15 is 0 Å². The molecule has 1 N–H and O–H groups in total. The molecular weight excluding hydrogens is 378 g/mol. The fourth-order valence-corrected chi connectivity index (χ4v) is 2.88. The molecule has 146 valence electrons. The van der Waals surface area contributed by atoms with Gasteiger partial charge in [0, 0.05) is 5.56 Å². The van der Waals surface area contributed by atoms with Gasteiger partial charge in [-0.15, -0.1) is 0 Å². The summed E-state index contributed by atoms with van der Waals surface area (Å²) < 4.78 is 10.9. The summed E-state index contributed by atoms with van der Waals surface area (Å²) >= 11 is 6.13. The Morgan fingerprint density at radius 2 is 1.86 bits per heavy atom. The first-order valence-corrected chi connectivity index (χ1v) is 9.29. The lowest BCUT2D eigenvalue weighted by molar-refractivity contribution is -0.123. The van der Waals surface area contributed by atoms with E-state index < -0.39 is 0 Å². The number of rotatable bonds is 6. The normalized spacial score (nSPS) is 11.3. The summed E-state index contributed by atoms with van der Waals surface area (Å²) in [5.74, 6) is 1.09. The van der Waals surface area contributed by atoms with Crippen LogP contribution in [-0.2, 0) is 16.8 Å². The number of hydrogen-bond acceptors (Lipinski definition) is 5. The molecule has 1 amide bonds. The van der Waals surface area contributed by atoms with E-state index in [1.54, 1.807) is 12.1 Å². The van der Waals surface area contributed by atoms with Crippen LogP contribution < -0.4 is 10.1 Å². The fourth-order valence-electron chi connectivity index (χ4n) is 2.66. The standard InChI is InChI=1S/C21H22ClN3O3/c1-21(2,3)15-9-5-7-11-17(15)27-13-18(26)23-12-19-24-20(25-28-19)14-8-4-6-10-16(14)22/h4-11H,12-13H2,1-3H3,(H,23,26). The van der Waals surface area contributed by atoms with E-state index in [0.29, 0.717) is 28.1 Å². The number of nitrogens with zero attached hydrogens (tertiary/aromatic N) is 2. The quantitative estimate of drug-likeness (QED) is 0.665. The van der Waals surface area contributed by atoms with Crippen LogP contribution in [0.15, 0.2) is 53.1 Å². The number of carbonyl (C=O) groups is 1. The first-order chi connectivity index (χ1) is 13.3. The Balaban J connectivity index is 1.56. The van der Waals surface area contributed by atoms with Gasteiger partial charge in [0.25, 0.3) is 5.91 Å². The van der Waals surface area contributed by atoms with Crippen LogP contribution in [0, 0.1) is 0 Å². The van der Waals surface area contributed by atoms with Crippen LogP contribution in [0.4, 0.5) is 0 Å². The average molecular weight is 400 g/mol. The molecule has 0 atom stereocenters. The summed E-state index contributed by atoms with van der Waals surface area (Å²) in [4.78, 5) is 16.4. The number of nitrogens with one attached hydrogen (secondary N) is 1. The second kappa shape index (κ2) is 8.44. The number of aromatic nitrogens is 2. The molecular formula is C21H22ClN3O3. The van der Waals surface area contributed by atoms with Crippen LogP contribution in [0.1, 0.15) is 32.2 Å². The van der Waals surface area contributed by atoms with Crippen LogP contribution in [-0.4, -0.2) is 22.7 Å². The van der Waals surface area contributed by atoms with Crippen LogP contribution in [0.25, 0.3) is 11.4 Å². The molecule has 0 aliphatic carbocycles. The van der Waals surface area contributed by atoms with E-state index in [9.17, 15) is 4.79 Å². The number of halogens is 1. The van der Waals surface area contributed by atoms with Crippen molar-refractivity contribution in [1.82, 2.24) is 15.5 Å². The SMILES string of the molecule is CC(C)(C)c1ccccc1OCC(=O)NCc1nc(-c2ccccc2Cl)no1. The van der Waals surface area contributed by atoms with Gasteiger partial charge in [-0.3, -0.25) is 4.79 Å². The van der Waals surface area contributed by atoms with Crippen molar-refractivity contribution in [2.24, 2.45) is 0 Å². The van der Waals surface area contributed by atoms with E-state index in [4.69, 9.17) is 20.9 Å². The summed E-state index contributed by atoms with van der Waals surface area (Å²) in [6.07, 6.45) is 0. The summed E-state index contributed by atoms with van der Waals surface area (Å²) in [6.45, 7) is 6.31. The van der Waals surface area contributed by atoms with Crippen molar-refractivity contribution in [3.63, 3.8) is 0 Å². The van der Waals surface area contributed by atoms with E-state index in [-0.39, 0.29) is 24.5 Å². The summed E-state index contributed by atoms with van der Waals surface area (Å²) in [5, 5.41) is 7.15. The molecule has 6 nitrogen and oxygen atoms in total. The van der Waals surface area contributed by atoms with Crippen molar-refractivity contribution >= 4 is 17.5 Å². The third-order valence-corrected chi connectivity index (χ3v) is 4.40. The third-order valence-electron chi connectivity index (χ3n) is 4.07. The van der Waals surface area contributed by atoms with Crippen molar-refractivity contribution in [3.05, 3.63) is 65.0 Å². The van der Waals surface area contributed by atoms with Crippen LogP contribution in [0.3, 0.4) is 0 Å². The Hall–Kier alpha value is -2.86. The number of para-hydroxylation sites is 1. The molecule has 1 heterocycles. The van der Waals surface area contributed by atoms with Gasteiger partial charge in [0.1, 0.15) is 5.75 Å². The largest absolute Gasteiger partial charge is 0.483 e. The van der Waals surface area contributed by atoms with Crippen LogP contribution in [0.5, 0.6) is 5.75 Å². The Morgan fingerprint density at radius 1 is 1.14 bits per heavy atom. The topological polar surface area (TPSA) is 77.2 Å². The molecule has 0 saturated heterocycles. The van der Waals surface area contributed by atoms with Crippen molar-refractivity contribution in [2.45, 2.75) is 32.7 Å². The first kappa shape index (κ1) is 19.9. The second-order valence-corrected chi connectivity index (χ2v) is 7.71. The fraction of sp³-hybridized carbons (Fsp3) is 0.286. The first-order valence-electron chi connectivity index (χ1n) is 8.91. The zero-order valence-electron chi connectivity index (χ0n) is 16.0. The van der Waals surface area contributed by atoms with Gasteiger partial charge >= 0.3 is 0 Å². The van der Waals surface area contributed by atoms with Crippen molar-refractivity contribution in [1.29, 1.82) is 0 Å². The molecule has 3 aromatic rings. The number of benzene rings is 2. The number of amides is 1. The maximum Gasteiger partial charge on any atom is 0.258 e. The summed E-state index contributed by atoms with van der Waals surface area (Å²) in [5.41, 5.74) is 1.64. The van der Waals surface area contributed by atoms with Crippen molar-refractivity contribution in [2.75, 3.05) is 6.61 Å². The lowest BCUT2D eigenvalue weighted by Crippen LogP contribution is -2.29. The Labute approximate surface area is 168 Å². The number of hydrogen-bond donors (Lipinski definition) is 1. The maximum absolute atomic E-state index is 12.1.